The van der Waals surface area contributed by atoms with Gasteiger partial charge in [-0.25, -0.2) is 16.8 Å². The SMILES string of the molecule is O=C1[C@@H](NS(=O)(=O)/C=C/c2ccc(Cl)s2)CCCN1CC(=O)N1CCC[C@H]1CN1CCS(=O)(=O)CC1. The van der Waals surface area contributed by atoms with E-state index in [1.165, 1.54) is 22.3 Å². The minimum atomic E-state index is -3.86. The van der Waals surface area contributed by atoms with Crippen LogP contribution in [0.3, 0.4) is 0 Å². The van der Waals surface area contributed by atoms with Gasteiger partial charge in [-0.15, -0.1) is 11.3 Å². The number of halogens is 1. The number of nitrogens with zero attached hydrogens (tertiary/aromatic N) is 3. The first-order valence-electron chi connectivity index (χ1n) is 12.0. The third-order valence-corrected chi connectivity index (χ3v) is 10.7. The number of carbonyl (C=O) groups excluding carboxylic acids is 2. The Bertz CT molecular complexity index is 1200. The Hall–Kier alpha value is -1.51. The van der Waals surface area contributed by atoms with Crippen molar-refractivity contribution in [1.29, 1.82) is 0 Å². The molecule has 3 saturated heterocycles. The van der Waals surface area contributed by atoms with Crippen molar-refractivity contribution in [3.8, 4) is 0 Å². The molecule has 36 heavy (non-hydrogen) atoms. The van der Waals surface area contributed by atoms with E-state index in [1.54, 1.807) is 17.0 Å². The number of hydrogen-bond donors (Lipinski definition) is 1. The van der Waals surface area contributed by atoms with Gasteiger partial charge in [-0.2, -0.15) is 4.72 Å². The molecule has 3 fully saturated rings. The van der Waals surface area contributed by atoms with Crippen molar-refractivity contribution in [3.05, 3.63) is 26.8 Å². The molecule has 200 valence electrons. The quantitative estimate of drug-likeness (QED) is 0.488. The lowest BCUT2D eigenvalue weighted by atomic mass is 10.1. The average Bonchev–Trinajstić information content (AvgIpc) is 3.45. The van der Waals surface area contributed by atoms with Crippen LogP contribution in [0, 0.1) is 0 Å². The molecule has 0 unspecified atom stereocenters. The maximum atomic E-state index is 13.1. The highest BCUT2D eigenvalue weighted by atomic mass is 35.5. The predicted molar refractivity (Wildman–Crippen MR) is 140 cm³/mol. The number of sulfone groups is 1. The third-order valence-electron chi connectivity index (χ3n) is 6.77. The Labute approximate surface area is 221 Å². The van der Waals surface area contributed by atoms with Gasteiger partial charge in [0.1, 0.15) is 6.04 Å². The molecule has 4 heterocycles. The molecular weight excluding hydrogens is 548 g/mol. The number of thiophene rings is 1. The minimum absolute atomic E-state index is 0.0108. The lowest BCUT2D eigenvalue weighted by molar-refractivity contribution is -0.143. The van der Waals surface area contributed by atoms with Gasteiger partial charge in [0.2, 0.25) is 21.8 Å². The molecule has 10 nitrogen and oxygen atoms in total. The summed E-state index contributed by atoms with van der Waals surface area (Å²) in [5.74, 6) is -0.274. The van der Waals surface area contributed by atoms with E-state index < -0.39 is 31.8 Å². The van der Waals surface area contributed by atoms with E-state index in [0.717, 1.165) is 18.2 Å². The number of hydrogen-bond acceptors (Lipinski definition) is 8. The molecule has 0 aromatic carbocycles. The van der Waals surface area contributed by atoms with Gasteiger partial charge in [0.25, 0.3) is 0 Å². The minimum Gasteiger partial charge on any atom is -0.337 e. The molecule has 4 rings (SSSR count). The van der Waals surface area contributed by atoms with E-state index >= 15 is 0 Å². The fourth-order valence-corrected chi connectivity index (χ4v) is 8.20. The van der Waals surface area contributed by atoms with Crippen molar-refractivity contribution in [1.82, 2.24) is 19.4 Å². The Morgan fingerprint density at radius 2 is 1.86 bits per heavy atom. The van der Waals surface area contributed by atoms with Gasteiger partial charge in [0, 0.05) is 49.1 Å². The molecule has 3 aliphatic rings. The number of piperidine rings is 1. The van der Waals surface area contributed by atoms with Gasteiger partial charge in [-0.1, -0.05) is 11.6 Å². The molecule has 3 aliphatic heterocycles. The van der Waals surface area contributed by atoms with Gasteiger partial charge in [-0.05, 0) is 43.9 Å². The largest absolute Gasteiger partial charge is 0.337 e. The van der Waals surface area contributed by atoms with Crippen molar-refractivity contribution in [3.63, 3.8) is 0 Å². The Kier molecular flexibility index (Phi) is 8.78. The standard InChI is InChI=1S/C22H31ClN4O6S3/c23-20-6-5-18(34-20)7-12-36(32,33)24-19-4-2-8-26(22(19)29)16-21(28)27-9-1-3-17(27)15-25-10-13-35(30,31)14-11-25/h5-7,12,17,19,24H,1-4,8-11,13-16H2/b12-7+/t17-,19-/m0/s1. The highest BCUT2D eigenvalue weighted by Gasteiger charge is 2.36. The number of likely N-dealkylation sites (tertiary alicyclic amines) is 2. The maximum Gasteiger partial charge on any atom is 0.242 e. The van der Waals surface area contributed by atoms with E-state index in [-0.39, 0.29) is 30.0 Å². The predicted octanol–water partition coefficient (Wildman–Crippen LogP) is 1.00. The molecule has 2 atom stereocenters. The second-order valence-electron chi connectivity index (χ2n) is 9.40. The van der Waals surface area contributed by atoms with E-state index in [2.05, 4.69) is 9.62 Å². The first-order chi connectivity index (χ1) is 17.0. The molecule has 1 aromatic heterocycles. The molecule has 2 amide bonds. The lowest BCUT2D eigenvalue weighted by Gasteiger charge is -2.35. The second-order valence-corrected chi connectivity index (χ2v) is 15.0. The van der Waals surface area contributed by atoms with Gasteiger partial charge < -0.3 is 9.80 Å². The van der Waals surface area contributed by atoms with Gasteiger partial charge >= 0.3 is 0 Å². The van der Waals surface area contributed by atoms with Crippen molar-refractivity contribution in [2.45, 2.75) is 37.8 Å². The van der Waals surface area contributed by atoms with E-state index in [1.807, 2.05) is 0 Å². The van der Waals surface area contributed by atoms with E-state index in [9.17, 15) is 26.4 Å². The monoisotopic (exact) mass is 578 g/mol. The fraction of sp³-hybridized carbons (Fsp3) is 0.636. The zero-order chi connectivity index (χ0) is 25.9. The highest BCUT2D eigenvalue weighted by molar-refractivity contribution is 7.92. The normalized spacial score (nSPS) is 25.6. The summed E-state index contributed by atoms with van der Waals surface area (Å²) in [5.41, 5.74) is 0. The Morgan fingerprint density at radius 3 is 2.56 bits per heavy atom. The maximum absolute atomic E-state index is 13.1. The van der Waals surface area contributed by atoms with Crippen molar-refractivity contribution in [2.24, 2.45) is 0 Å². The van der Waals surface area contributed by atoms with Crippen LogP contribution >= 0.6 is 22.9 Å². The summed E-state index contributed by atoms with van der Waals surface area (Å²) in [6, 6.07) is 2.45. The van der Waals surface area contributed by atoms with Crippen LogP contribution in [-0.2, 0) is 29.4 Å². The topological polar surface area (TPSA) is 124 Å². The number of amides is 2. The summed E-state index contributed by atoms with van der Waals surface area (Å²) >= 11 is 7.12. The molecule has 1 N–H and O–H groups in total. The number of sulfonamides is 1. The van der Waals surface area contributed by atoms with Crippen LogP contribution in [0.15, 0.2) is 17.5 Å². The third kappa shape index (κ3) is 7.29. The number of rotatable bonds is 8. The van der Waals surface area contributed by atoms with E-state index in [4.69, 9.17) is 11.6 Å². The fourth-order valence-electron chi connectivity index (χ4n) is 4.86. The Balaban J connectivity index is 1.31. The Morgan fingerprint density at radius 1 is 1.14 bits per heavy atom. The van der Waals surface area contributed by atoms with Gasteiger partial charge in [0.05, 0.1) is 22.4 Å². The number of carbonyl (C=O) groups is 2. The van der Waals surface area contributed by atoms with Crippen LogP contribution in [0.1, 0.15) is 30.6 Å². The van der Waals surface area contributed by atoms with Crippen molar-refractivity contribution in [2.75, 3.05) is 50.8 Å². The van der Waals surface area contributed by atoms with Crippen LogP contribution in [0.25, 0.3) is 6.08 Å². The summed E-state index contributed by atoms with van der Waals surface area (Å²) in [7, 11) is -6.83. The van der Waals surface area contributed by atoms with Gasteiger partial charge in [0.15, 0.2) is 9.84 Å². The van der Waals surface area contributed by atoms with Crippen molar-refractivity contribution < 1.29 is 26.4 Å². The van der Waals surface area contributed by atoms with E-state index in [0.29, 0.717) is 54.8 Å². The molecule has 1 aromatic rings. The van der Waals surface area contributed by atoms with Crippen LogP contribution in [0.4, 0.5) is 0 Å². The summed E-state index contributed by atoms with van der Waals surface area (Å²) in [6.45, 7) is 2.48. The second kappa shape index (κ2) is 11.5. The van der Waals surface area contributed by atoms with Crippen LogP contribution in [0.5, 0.6) is 0 Å². The zero-order valence-corrected chi connectivity index (χ0v) is 23.0. The first-order valence-corrected chi connectivity index (χ1v) is 16.5. The van der Waals surface area contributed by atoms with Crippen LogP contribution in [0.2, 0.25) is 4.34 Å². The summed E-state index contributed by atoms with van der Waals surface area (Å²) < 4.78 is 51.4. The highest BCUT2D eigenvalue weighted by Crippen LogP contribution is 2.23. The van der Waals surface area contributed by atoms with Crippen LogP contribution in [-0.4, -0.2) is 106 Å². The molecule has 0 radical (unpaired) electrons. The molecule has 0 saturated carbocycles. The van der Waals surface area contributed by atoms with Gasteiger partial charge in [-0.3, -0.25) is 14.5 Å². The first kappa shape index (κ1) is 27.5. The molecule has 0 bridgehead atoms. The molecule has 14 heteroatoms. The summed E-state index contributed by atoms with van der Waals surface area (Å²) in [6.07, 6.45) is 4.08. The zero-order valence-electron chi connectivity index (χ0n) is 19.8. The lowest BCUT2D eigenvalue weighted by Crippen LogP contribution is -2.55. The summed E-state index contributed by atoms with van der Waals surface area (Å²) in [5, 5.41) is 1.02. The average molecular weight is 579 g/mol. The van der Waals surface area contributed by atoms with Crippen molar-refractivity contribution >= 4 is 60.7 Å². The molecule has 0 aliphatic carbocycles. The summed E-state index contributed by atoms with van der Waals surface area (Å²) in [4.78, 5) is 32.1. The molecular formula is C22H31ClN4O6S3. The number of nitrogens with one attached hydrogen (secondary N) is 1. The van der Waals surface area contributed by atoms with Crippen LogP contribution < -0.4 is 4.72 Å². The molecule has 0 spiro atoms. The smallest absolute Gasteiger partial charge is 0.242 e.